The molecule has 1 amide bonds. The number of fused-ring (bicyclic) bond motifs is 1. The van der Waals surface area contributed by atoms with Gasteiger partial charge in [0, 0.05) is 24.6 Å². The Hall–Kier alpha value is -2.44. The van der Waals surface area contributed by atoms with E-state index in [0.29, 0.717) is 23.8 Å². The lowest BCUT2D eigenvalue weighted by atomic mass is 9.87. The first-order valence-corrected chi connectivity index (χ1v) is 9.53. The van der Waals surface area contributed by atoms with Crippen molar-refractivity contribution in [1.82, 2.24) is 9.88 Å². The number of amides is 1. The van der Waals surface area contributed by atoms with Crippen molar-refractivity contribution >= 4 is 32.6 Å². The number of aliphatic hydroxyl groups is 1. The molecule has 0 radical (unpaired) electrons. The molecule has 2 atom stereocenters. The molecule has 1 aliphatic heterocycles. The molecular formula is C20H21N3O2S. The van der Waals surface area contributed by atoms with Crippen molar-refractivity contribution in [3.8, 4) is 0 Å². The summed E-state index contributed by atoms with van der Waals surface area (Å²) in [5.41, 5.74) is 9.35. The first kappa shape index (κ1) is 17.0. The molecule has 2 heterocycles. The largest absolute Gasteiger partial charge is 0.391 e. The van der Waals surface area contributed by atoms with Crippen LogP contribution in [0.25, 0.3) is 10.2 Å². The number of rotatable bonds is 2. The number of carbonyl (C=O) groups excluding carboxylic acids is 1. The normalized spacial score (nSPS) is 20.5. The molecule has 0 unspecified atom stereocenters. The van der Waals surface area contributed by atoms with Gasteiger partial charge in [-0.3, -0.25) is 4.79 Å². The van der Waals surface area contributed by atoms with Crippen LogP contribution < -0.4 is 5.73 Å². The zero-order chi connectivity index (χ0) is 18.3. The number of hydrogen-bond donors (Lipinski definition) is 2. The molecule has 1 saturated heterocycles. The zero-order valence-corrected chi connectivity index (χ0v) is 15.4. The van der Waals surface area contributed by atoms with Crippen molar-refractivity contribution < 1.29 is 9.90 Å². The maximum Gasteiger partial charge on any atom is 0.254 e. The van der Waals surface area contributed by atoms with Gasteiger partial charge in [-0.15, -0.1) is 0 Å². The Balaban J connectivity index is 1.54. The van der Waals surface area contributed by atoms with Gasteiger partial charge < -0.3 is 15.7 Å². The van der Waals surface area contributed by atoms with Crippen LogP contribution in [0.1, 0.15) is 33.8 Å². The van der Waals surface area contributed by atoms with Gasteiger partial charge in [-0.2, -0.15) is 0 Å². The summed E-state index contributed by atoms with van der Waals surface area (Å²) in [6, 6.07) is 13.7. The Morgan fingerprint density at radius 1 is 1.31 bits per heavy atom. The van der Waals surface area contributed by atoms with Crippen molar-refractivity contribution in [2.24, 2.45) is 0 Å². The Morgan fingerprint density at radius 3 is 2.81 bits per heavy atom. The second-order valence-electron chi connectivity index (χ2n) is 6.82. The number of nitrogen functional groups attached to an aromatic ring is 1. The van der Waals surface area contributed by atoms with Crippen LogP contribution in [0.5, 0.6) is 0 Å². The fraction of sp³-hybridized carbons (Fsp3) is 0.300. The van der Waals surface area contributed by atoms with Crippen LogP contribution in [0, 0.1) is 6.92 Å². The third-order valence-electron chi connectivity index (χ3n) is 5.05. The molecule has 0 bridgehead atoms. The Kier molecular flexibility index (Phi) is 4.38. The quantitative estimate of drug-likeness (QED) is 0.729. The summed E-state index contributed by atoms with van der Waals surface area (Å²) in [5.74, 6) is 0.0262. The van der Waals surface area contributed by atoms with Crippen LogP contribution in [-0.4, -0.2) is 40.1 Å². The Labute approximate surface area is 156 Å². The van der Waals surface area contributed by atoms with Crippen molar-refractivity contribution in [1.29, 1.82) is 0 Å². The molecule has 5 nitrogen and oxygen atoms in total. The highest BCUT2D eigenvalue weighted by Gasteiger charge is 2.31. The van der Waals surface area contributed by atoms with E-state index < -0.39 is 6.10 Å². The first-order chi connectivity index (χ1) is 12.5. The fourth-order valence-corrected chi connectivity index (χ4v) is 4.58. The average molecular weight is 367 g/mol. The van der Waals surface area contributed by atoms with E-state index in [2.05, 4.69) is 4.98 Å². The highest BCUT2D eigenvalue weighted by Crippen LogP contribution is 2.31. The molecule has 26 heavy (non-hydrogen) atoms. The molecule has 1 fully saturated rings. The van der Waals surface area contributed by atoms with E-state index in [1.165, 1.54) is 11.3 Å². The van der Waals surface area contributed by atoms with Crippen LogP contribution in [0.4, 0.5) is 5.13 Å². The summed E-state index contributed by atoms with van der Waals surface area (Å²) in [6.45, 7) is 2.92. The standard InChI is InChI=1S/C20H21N3O2S/c1-12-9-14(10-17-18(12)22-20(21)26-17)19(25)23-8-7-15(16(24)11-23)13-5-3-2-4-6-13/h2-6,9-10,15-16,24H,7-8,11H2,1H3,(H2,21,22)/t15-,16-/m1/s1. The second-order valence-corrected chi connectivity index (χ2v) is 7.88. The van der Waals surface area contributed by atoms with E-state index in [0.717, 1.165) is 27.8 Å². The summed E-state index contributed by atoms with van der Waals surface area (Å²) in [5, 5.41) is 11.1. The summed E-state index contributed by atoms with van der Waals surface area (Å²) in [6.07, 6.45) is 0.199. The minimum absolute atomic E-state index is 0.0486. The van der Waals surface area contributed by atoms with Gasteiger partial charge in [0.2, 0.25) is 0 Å². The maximum atomic E-state index is 13.0. The van der Waals surface area contributed by atoms with E-state index in [9.17, 15) is 9.90 Å². The van der Waals surface area contributed by atoms with Gasteiger partial charge in [0.05, 0.1) is 16.3 Å². The Bertz CT molecular complexity index is 954. The number of aryl methyl sites for hydroxylation is 1. The predicted octanol–water partition coefficient (Wildman–Crippen LogP) is 3.18. The van der Waals surface area contributed by atoms with Gasteiger partial charge in [0.15, 0.2) is 5.13 Å². The van der Waals surface area contributed by atoms with Crippen molar-refractivity contribution in [2.45, 2.75) is 25.4 Å². The number of aromatic nitrogens is 1. The van der Waals surface area contributed by atoms with E-state index in [4.69, 9.17) is 5.73 Å². The number of thiazole rings is 1. The van der Waals surface area contributed by atoms with E-state index in [1.54, 1.807) is 4.90 Å². The van der Waals surface area contributed by atoms with Crippen LogP contribution in [-0.2, 0) is 0 Å². The smallest absolute Gasteiger partial charge is 0.254 e. The minimum Gasteiger partial charge on any atom is -0.391 e. The van der Waals surface area contributed by atoms with Gasteiger partial charge in [-0.05, 0) is 36.6 Å². The number of hydrogen-bond acceptors (Lipinski definition) is 5. The lowest BCUT2D eigenvalue weighted by molar-refractivity contribution is 0.0382. The van der Waals surface area contributed by atoms with Crippen LogP contribution >= 0.6 is 11.3 Å². The zero-order valence-electron chi connectivity index (χ0n) is 14.6. The molecule has 3 N–H and O–H groups in total. The number of nitrogens with two attached hydrogens (primary N) is 1. The molecule has 1 aliphatic rings. The second kappa shape index (κ2) is 6.70. The number of anilines is 1. The SMILES string of the molecule is Cc1cc(C(=O)N2CC[C@H](c3ccccc3)[C@H](O)C2)cc2sc(N)nc12. The molecule has 0 saturated carbocycles. The highest BCUT2D eigenvalue weighted by atomic mass is 32.1. The highest BCUT2D eigenvalue weighted by molar-refractivity contribution is 7.22. The number of benzene rings is 2. The number of likely N-dealkylation sites (tertiary alicyclic amines) is 1. The van der Waals surface area contributed by atoms with Gasteiger partial charge in [0.25, 0.3) is 5.91 Å². The number of piperidine rings is 1. The predicted molar refractivity (Wildman–Crippen MR) is 104 cm³/mol. The fourth-order valence-electron chi connectivity index (χ4n) is 3.73. The van der Waals surface area contributed by atoms with Crippen molar-refractivity contribution in [3.63, 3.8) is 0 Å². The van der Waals surface area contributed by atoms with E-state index >= 15 is 0 Å². The molecule has 3 aromatic rings. The summed E-state index contributed by atoms with van der Waals surface area (Å²) in [7, 11) is 0. The molecular weight excluding hydrogens is 346 g/mol. The molecule has 6 heteroatoms. The number of β-amino-alcohol motifs (C(OH)–C–C–N with tert-alkyl or cyclic N) is 1. The van der Waals surface area contributed by atoms with E-state index in [1.807, 2.05) is 49.4 Å². The van der Waals surface area contributed by atoms with Crippen molar-refractivity contribution in [2.75, 3.05) is 18.8 Å². The number of aliphatic hydroxyl groups excluding tert-OH is 1. The van der Waals surface area contributed by atoms with Gasteiger partial charge >= 0.3 is 0 Å². The Morgan fingerprint density at radius 2 is 2.08 bits per heavy atom. The van der Waals surface area contributed by atoms with Gasteiger partial charge in [-0.1, -0.05) is 41.7 Å². The summed E-state index contributed by atoms with van der Waals surface area (Å²) in [4.78, 5) is 19.0. The first-order valence-electron chi connectivity index (χ1n) is 8.72. The maximum absolute atomic E-state index is 13.0. The molecule has 1 aromatic heterocycles. The number of carbonyl (C=O) groups is 1. The third-order valence-corrected chi connectivity index (χ3v) is 5.88. The van der Waals surface area contributed by atoms with E-state index in [-0.39, 0.29) is 11.8 Å². The van der Waals surface area contributed by atoms with Crippen LogP contribution in [0.3, 0.4) is 0 Å². The minimum atomic E-state index is -0.557. The summed E-state index contributed by atoms with van der Waals surface area (Å²) < 4.78 is 0.922. The number of nitrogens with zero attached hydrogens (tertiary/aromatic N) is 2. The van der Waals surface area contributed by atoms with Crippen LogP contribution in [0.15, 0.2) is 42.5 Å². The molecule has 2 aromatic carbocycles. The third kappa shape index (κ3) is 3.06. The molecule has 0 aliphatic carbocycles. The molecule has 0 spiro atoms. The average Bonchev–Trinajstić information content (AvgIpc) is 3.02. The lowest BCUT2D eigenvalue weighted by Gasteiger charge is -2.36. The summed E-state index contributed by atoms with van der Waals surface area (Å²) >= 11 is 1.39. The monoisotopic (exact) mass is 367 g/mol. The van der Waals surface area contributed by atoms with Gasteiger partial charge in [0.1, 0.15) is 0 Å². The van der Waals surface area contributed by atoms with Crippen molar-refractivity contribution in [3.05, 3.63) is 59.2 Å². The lowest BCUT2D eigenvalue weighted by Crippen LogP contribution is -2.45. The molecule has 4 rings (SSSR count). The topological polar surface area (TPSA) is 79.5 Å². The van der Waals surface area contributed by atoms with Crippen LogP contribution in [0.2, 0.25) is 0 Å². The molecule has 134 valence electrons. The van der Waals surface area contributed by atoms with Gasteiger partial charge in [-0.25, -0.2) is 4.98 Å².